The van der Waals surface area contributed by atoms with Gasteiger partial charge < -0.3 is 5.32 Å². The van der Waals surface area contributed by atoms with Crippen LogP contribution in [0.4, 0.5) is 5.69 Å². The Kier molecular flexibility index (Phi) is 3.79. The Morgan fingerprint density at radius 1 is 1.00 bits per heavy atom. The molecule has 1 amide bonds. The monoisotopic (exact) mass is 306 g/mol. The van der Waals surface area contributed by atoms with Crippen molar-refractivity contribution >= 4 is 11.6 Å². The van der Waals surface area contributed by atoms with Gasteiger partial charge in [0.15, 0.2) is 0 Å². The largest absolute Gasteiger partial charge is 0.321 e. The second kappa shape index (κ2) is 5.52. The molecule has 2 aromatic rings. The maximum Gasteiger partial charge on any atom is 0.255 e. The molecular formula is C21H24NO. The van der Waals surface area contributed by atoms with Crippen LogP contribution in [0.25, 0.3) is 0 Å². The quantitative estimate of drug-likeness (QED) is 0.823. The summed E-state index contributed by atoms with van der Waals surface area (Å²) in [7, 11) is 0. The van der Waals surface area contributed by atoms with E-state index in [-0.39, 0.29) is 16.7 Å². The average Bonchev–Trinajstić information content (AvgIpc) is 2.52. The van der Waals surface area contributed by atoms with Gasteiger partial charge in [0.05, 0.1) is 0 Å². The van der Waals surface area contributed by atoms with E-state index in [4.69, 9.17) is 0 Å². The van der Waals surface area contributed by atoms with Crippen molar-refractivity contribution in [3.05, 3.63) is 65.2 Å². The lowest BCUT2D eigenvalue weighted by molar-refractivity contribution is 0.102. The maximum atomic E-state index is 12.5. The highest BCUT2D eigenvalue weighted by Crippen LogP contribution is 2.45. The lowest BCUT2D eigenvalue weighted by Gasteiger charge is -2.42. The summed E-state index contributed by atoms with van der Waals surface area (Å²) in [5, 5.41) is 2.92. The summed E-state index contributed by atoms with van der Waals surface area (Å²) in [6.45, 7) is 9.13. The van der Waals surface area contributed by atoms with E-state index in [0.717, 1.165) is 6.42 Å². The minimum Gasteiger partial charge on any atom is -0.321 e. The Hall–Kier alpha value is -2.09. The fourth-order valence-electron chi connectivity index (χ4n) is 3.40. The van der Waals surface area contributed by atoms with Crippen molar-refractivity contribution < 1.29 is 4.79 Å². The number of carbonyl (C=O) groups excluding carboxylic acids is 1. The molecule has 1 radical (unpaired) electrons. The van der Waals surface area contributed by atoms with Crippen LogP contribution < -0.4 is 5.32 Å². The average molecular weight is 306 g/mol. The molecule has 0 aromatic heterocycles. The molecule has 1 N–H and O–H groups in total. The van der Waals surface area contributed by atoms with Crippen LogP contribution in [-0.2, 0) is 10.8 Å². The van der Waals surface area contributed by atoms with Crippen LogP contribution in [-0.4, -0.2) is 5.91 Å². The number of hydrogen-bond acceptors (Lipinski definition) is 1. The van der Waals surface area contributed by atoms with E-state index >= 15 is 0 Å². The SMILES string of the molecule is CC1(C)CCC(C)(C)c2cc(C(=O)Nc3[c]cccc3)ccc21. The Bertz CT molecular complexity index is 729. The van der Waals surface area contributed by atoms with Gasteiger partial charge in [-0.3, -0.25) is 4.79 Å². The third-order valence-corrected chi connectivity index (χ3v) is 5.07. The third-order valence-electron chi connectivity index (χ3n) is 5.07. The first kappa shape index (κ1) is 15.8. The summed E-state index contributed by atoms with van der Waals surface area (Å²) in [6.07, 6.45) is 2.32. The van der Waals surface area contributed by atoms with Crippen molar-refractivity contribution in [3.63, 3.8) is 0 Å². The van der Waals surface area contributed by atoms with Crippen molar-refractivity contribution in [3.8, 4) is 0 Å². The lowest BCUT2D eigenvalue weighted by Crippen LogP contribution is -2.34. The molecule has 0 heterocycles. The van der Waals surface area contributed by atoms with E-state index in [9.17, 15) is 4.79 Å². The molecule has 0 aliphatic heterocycles. The first-order valence-corrected chi connectivity index (χ1v) is 8.23. The van der Waals surface area contributed by atoms with E-state index in [2.05, 4.69) is 51.2 Å². The predicted octanol–water partition coefficient (Wildman–Crippen LogP) is 5.09. The van der Waals surface area contributed by atoms with Gasteiger partial charge in [-0.2, -0.15) is 0 Å². The summed E-state index contributed by atoms with van der Waals surface area (Å²) in [6, 6.07) is 16.6. The van der Waals surface area contributed by atoms with Gasteiger partial charge in [0, 0.05) is 17.3 Å². The van der Waals surface area contributed by atoms with Crippen LogP contribution in [0.3, 0.4) is 0 Å². The Labute approximate surface area is 138 Å². The first-order valence-electron chi connectivity index (χ1n) is 8.23. The summed E-state index contributed by atoms with van der Waals surface area (Å²) in [4.78, 5) is 12.5. The van der Waals surface area contributed by atoms with E-state index in [0.29, 0.717) is 11.3 Å². The molecule has 0 saturated carbocycles. The van der Waals surface area contributed by atoms with Crippen LogP contribution in [0.2, 0.25) is 0 Å². The summed E-state index contributed by atoms with van der Waals surface area (Å²) < 4.78 is 0. The predicted molar refractivity (Wildman–Crippen MR) is 95.0 cm³/mol. The van der Waals surface area contributed by atoms with Crippen molar-refractivity contribution in [2.75, 3.05) is 5.32 Å². The molecule has 2 aromatic carbocycles. The maximum absolute atomic E-state index is 12.5. The number of rotatable bonds is 2. The normalized spacial score (nSPS) is 18.1. The summed E-state index contributed by atoms with van der Waals surface area (Å²) in [5.41, 5.74) is 4.38. The number of anilines is 1. The molecule has 1 aliphatic rings. The molecule has 0 unspecified atom stereocenters. The molecule has 0 spiro atoms. The number of benzene rings is 2. The topological polar surface area (TPSA) is 29.1 Å². The molecule has 0 fully saturated rings. The van der Waals surface area contributed by atoms with Crippen molar-refractivity contribution in [1.82, 2.24) is 0 Å². The van der Waals surface area contributed by atoms with Gasteiger partial charge in [-0.05, 0) is 53.0 Å². The molecule has 119 valence electrons. The smallest absolute Gasteiger partial charge is 0.255 e. The zero-order valence-corrected chi connectivity index (χ0v) is 14.4. The second-order valence-corrected chi connectivity index (χ2v) is 7.76. The highest BCUT2D eigenvalue weighted by Gasteiger charge is 2.37. The Balaban J connectivity index is 1.95. The van der Waals surface area contributed by atoms with Crippen LogP contribution in [0.5, 0.6) is 0 Å². The highest BCUT2D eigenvalue weighted by molar-refractivity contribution is 6.04. The lowest BCUT2D eigenvalue weighted by atomic mass is 9.63. The molecule has 23 heavy (non-hydrogen) atoms. The van der Waals surface area contributed by atoms with Crippen molar-refractivity contribution in [1.29, 1.82) is 0 Å². The highest BCUT2D eigenvalue weighted by atomic mass is 16.1. The number of carbonyl (C=O) groups is 1. The second-order valence-electron chi connectivity index (χ2n) is 7.76. The standard InChI is InChI=1S/C21H24NO/c1-20(2)12-13-21(3,4)18-14-15(10-11-17(18)20)19(23)22-16-8-6-5-7-9-16/h5-8,10-11,14H,12-13H2,1-4H3,(H,22,23). The van der Waals surface area contributed by atoms with E-state index < -0.39 is 0 Å². The van der Waals surface area contributed by atoms with Gasteiger partial charge in [0.25, 0.3) is 5.91 Å². The van der Waals surface area contributed by atoms with E-state index in [1.165, 1.54) is 17.5 Å². The fraction of sp³-hybridized carbons (Fsp3) is 0.381. The van der Waals surface area contributed by atoms with Crippen LogP contribution in [0.1, 0.15) is 62.0 Å². The van der Waals surface area contributed by atoms with Crippen LogP contribution in [0.15, 0.2) is 42.5 Å². The molecule has 3 rings (SSSR count). The zero-order chi connectivity index (χ0) is 16.7. The number of fused-ring (bicyclic) bond motifs is 1. The number of nitrogens with one attached hydrogen (secondary N) is 1. The fourth-order valence-corrected chi connectivity index (χ4v) is 3.40. The number of amides is 1. The third kappa shape index (κ3) is 3.03. The molecular weight excluding hydrogens is 282 g/mol. The molecule has 0 saturated heterocycles. The number of hydrogen-bond donors (Lipinski definition) is 1. The molecule has 2 heteroatoms. The molecule has 0 atom stereocenters. The van der Waals surface area contributed by atoms with Crippen molar-refractivity contribution in [2.45, 2.75) is 51.4 Å². The van der Waals surface area contributed by atoms with Gasteiger partial charge in [-0.15, -0.1) is 0 Å². The molecule has 2 nitrogen and oxygen atoms in total. The Morgan fingerprint density at radius 2 is 1.70 bits per heavy atom. The van der Waals surface area contributed by atoms with Gasteiger partial charge >= 0.3 is 0 Å². The van der Waals surface area contributed by atoms with Crippen LogP contribution in [0, 0.1) is 6.07 Å². The van der Waals surface area contributed by atoms with Gasteiger partial charge in [0.2, 0.25) is 0 Å². The van der Waals surface area contributed by atoms with Crippen molar-refractivity contribution in [2.24, 2.45) is 0 Å². The van der Waals surface area contributed by atoms with Gasteiger partial charge in [0.1, 0.15) is 0 Å². The van der Waals surface area contributed by atoms with E-state index in [1.54, 1.807) is 6.07 Å². The summed E-state index contributed by atoms with van der Waals surface area (Å²) in [5.74, 6) is -0.0746. The van der Waals surface area contributed by atoms with Gasteiger partial charge in [-0.1, -0.05) is 52.0 Å². The van der Waals surface area contributed by atoms with E-state index in [1.807, 2.05) is 24.3 Å². The first-order chi connectivity index (χ1) is 10.8. The molecule has 0 bridgehead atoms. The minimum atomic E-state index is -0.0746. The van der Waals surface area contributed by atoms with Crippen LogP contribution >= 0.6 is 0 Å². The minimum absolute atomic E-state index is 0.0746. The zero-order valence-electron chi connectivity index (χ0n) is 14.4. The number of para-hydroxylation sites is 1. The summed E-state index contributed by atoms with van der Waals surface area (Å²) >= 11 is 0. The van der Waals surface area contributed by atoms with Gasteiger partial charge in [-0.25, -0.2) is 0 Å². The molecule has 1 aliphatic carbocycles. The Morgan fingerprint density at radius 3 is 2.35 bits per heavy atom.